The highest BCUT2D eigenvalue weighted by atomic mass is 16.5. The number of morpholine rings is 1. The van der Waals surface area contributed by atoms with Crippen molar-refractivity contribution in [1.82, 2.24) is 4.90 Å². The predicted octanol–water partition coefficient (Wildman–Crippen LogP) is -0.508. The van der Waals surface area contributed by atoms with Crippen molar-refractivity contribution in [2.75, 3.05) is 40.0 Å². The van der Waals surface area contributed by atoms with Crippen LogP contribution in [0.3, 0.4) is 0 Å². The van der Waals surface area contributed by atoms with Crippen molar-refractivity contribution < 1.29 is 14.3 Å². The third-order valence-electron chi connectivity index (χ3n) is 1.68. The van der Waals surface area contributed by atoms with E-state index in [1.165, 1.54) is 7.11 Å². The van der Waals surface area contributed by atoms with Crippen LogP contribution in [-0.2, 0) is 14.3 Å². The maximum Gasteiger partial charge on any atom is 0.319 e. The standard InChI is InChI=1S/C7H13NO3/c1-10-7(9)6-8-2-4-11-5-3-8/h2-6H2,1H3. The van der Waals surface area contributed by atoms with Gasteiger partial charge in [-0.3, -0.25) is 9.69 Å². The van der Waals surface area contributed by atoms with Crippen LogP contribution in [0, 0.1) is 0 Å². The van der Waals surface area contributed by atoms with Gasteiger partial charge in [-0.15, -0.1) is 0 Å². The molecule has 0 radical (unpaired) electrons. The first-order chi connectivity index (χ1) is 5.33. The first kappa shape index (κ1) is 8.49. The molecule has 0 saturated carbocycles. The number of rotatable bonds is 2. The molecule has 0 aliphatic carbocycles. The molecule has 0 unspecified atom stereocenters. The monoisotopic (exact) mass is 159 g/mol. The van der Waals surface area contributed by atoms with E-state index in [1.807, 2.05) is 4.90 Å². The van der Waals surface area contributed by atoms with Crippen molar-refractivity contribution in [3.05, 3.63) is 0 Å². The Morgan fingerprint density at radius 2 is 2.18 bits per heavy atom. The van der Waals surface area contributed by atoms with Gasteiger partial charge in [0.25, 0.3) is 0 Å². The average Bonchev–Trinajstić information content (AvgIpc) is 2.06. The van der Waals surface area contributed by atoms with Crippen molar-refractivity contribution in [3.63, 3.8) is 0 Å². The lowest BCUT2D eigenvalue weighted by molar-refractivity contribution is -0.142. The summed E-state index contributed by atoms with van der Waals surface area (Å²) in [7, 11) is 1.41. The predicted molar refractivity (Wildman–Crippen MR) is 39.3 cm³/mol. The Hall–Kier alpha value is -0.610. The second-order valence-electron chi connectivity index (χ2n) is 2.46. The van der Waals surface area contributed by atoms with E-state index in [2.05, 4.69) is 4.74 Å². The Morgan fingerprint density at radius 1 is 1.55 bits per heavy atom. The minimum atomic E-state index is -0.174. The molecule has 0 amide bonds. The first-order valence-corrected chi connectivity index (χ1v) is 3.70. The number of ether oxygens (including phenoxy) is 2. The molecule has 1 heterocycles. The van der Waals surface area contributed by atoms with Gasteiger partial charge >= 0.3 is 5.97 Å². The van der Waals surface area contributed by atoms with Crippen LogP contribution >= 0.6 is 0 Å². The molecular formula is C7H13NO3. The van der Waals surface area contributed by atoms with E-state index < -0.39 is 0 Å². The molecule has 0 aromatic rings. The summed E-state index contributed by atoms with van der Waals surface area (Å²) in [5.74, 6) is -0.174. The second-order valence-corrected chi connectivity index (χ2v) is 2.46. The minimum absolute atomic E-state index is 0.174. The summed E-state index contributed by atoms with van der Waals surface area (Å²) in [4.78, 5) is 12.8. The molecule has 0 bridgehead atoms. The number of methoxy groups -OCH3 is 1. The summed E-state index contributed by atoms with van der Waals surface area (Å²) in [6.45, 7) is 3.48. The lowest BCUT2D eigenvalue weighted by Gasteiger charge is -2.24. The van der Waals surface area contributed by atoms with Crippen molar-refractivity contribution in [2.45, 2.75) is 0 Å². The normalized spacial score (nSPS) is 19.7. The molecule has 0 aromatic heterocycles. The van der Waals surface area contributed by atoms with Gasteiger partial charge in [-0.2, -0.15) is 0 Å². The molecule has 4 heteroatoms. The fourth-order valence-corrected chi connectivity index (χ4v) is 1.01. The zero-order chi connectivity index (χ0) is 8.10. The first-order valence-electron chi connectivity index (χ1n) is 3.70. The number of carbonyl (C=O) groups is 1. The van der Waals surface area contributed by atoms with Crippen molar-refractivity contribution >= 4 is 5.97 Å². The van der Waals surface area contributed by atoms with Gasteiger partial charge < -0.3 is 9.47 Å². The molecule has 4 nitrogen and oxygen atoms in total. The minimum Gasteiger partial charge on any atom is -0.468 e. The molecule has 1 fully saturated rings. The van der Waals surface area contributed by atoms with Crippen LogP contribution in [-0.4, -0.2) is 50.8 Å². The Labute approximate surface area is 66.1 Å². The van der Waals surface area contributed by atoms with Gasteiger partial charge in [-0.05, 0) is 0 Å². The van der Waals surface area contributed by atoms with Crippen LogP contribution in [0.15, 0.2) is 0 Å². The van der Waals surface area contributed by atoms with E-state index in [0.717, 1.165) is 26.3 Å². The van der Waals surface area contributed by atoms with Crippen molar-refractivity contribution in [2.24, 2.45) is 0 Å². The highest BCUT2D eigenvalue weighted by molar-refractivity contribution is 5.71. The molecule has 1 rings (SSSR count). The van der Waals surface area contributed by atoms with Crippen LogP contribution in [0.25, 0.3) is 0 Å². The molecule has 1 aliphatic heterocycles. The summed E-state index contributed by atoms with van der Waals surface area (Å²) in [5, 5.41) is 0. The fourth-order valence-electron chi connectivity index (χ4n) is 1.01. The highest BCUT2D eigenvalue weighted by Gasteiger charge is 2.13. The lowest BCUT2D eigenvalue weighted by atomic mass is 10.4. The van der Waals surface area contributed by atoms with E-state index in [1.54, 1.807) is 0 Å². The molecule has 1 aliphatic rings. The maximum atomic E-state index is 10.8. The fraction of sp³-hybridized carbons (Fsp3) is 0.857. The van der Waals surface area contributed by atoms with Crippen LogP contribution in [0.2, 0.25) is 0 Å². The largest absolute Gasteiger partial charge is 0.468 e. The Balaban J connectivity index is 2.19. The molecule has 0 aromatic carbocycles. The second kappa shape index (κ2) is 4.31. The molecule has 11 heavy (non-hydrogen) atoms. The number of esters is 1. The number of carbonyl (C=O) groups excluding carboxylic acids is 1. The summed E-state index contributed by atoms with van der Waals surface area (Å²) < 4.78 is 9.65. The Kier molecular flexibility index (Phi) is 3.32. The van der Waals surface area contributed by atoms with Gasteiger partial charge in [0, 0.05) is 13.1 Å². The molecular weight excluding hydrogens is 146 g/mol. The molecule has 0 atom stereocenters. The topological polar surface area (TPSA) is 38.8 Å². The van der Waals surface area contributed by atoms with Gasteiger partial charge in [0.05, 0.1) is 26.9 Å². The number of nitrogens with zero attached hydrogens (tertiary/aromatic N) is 1. The van der Waals surface area contributed by atoms with E-state index >= 15 is 0 Å². The van der Waals surface area contributed by atoms with Crippen LogP contribution in [0.5, 0.6) is 0 Å². The highest BCUT2D eigenvalue weighted by Crippen LogP contribution is 1.95. The van der Waals surface area contributed by atoms with Crippen molar-refractivity contribution in [3.8, 4) is 0 Å². The van der Waals surface area contributed by atoms with E-state index in [-0.39, 0.29) is 5.97 Å². The van der Waals surface area contributed by atoms with E-state index in [9.17, 15) is 4.79 Å². The molecule has 0 N–H and O–H groups in total. The van der Waals surface area contributed by atoms with Crippen LogP contribution in [0.4, 0.5) is 0 Å². The Morgan fingerprint density at radius 3 is 2.73 bits per heavy atom. The quantitative estimate of drug-likeness (QED) is 0.509. The van der Waals surface area contributed by atoms with Crippen LogP contribution < -0.4 is 0 Å². The van der Waals surface area contributed by atoms with E-state index in [4.69, 9.17) is 4.74 Å². The van der Waals surface area contributed by atoms with Gasteiger partial charge in [0.15, 0.2) is 0 Å². The van der Waals surface area contributed by atoms with E-state index in [0.29, 0.717) is 6.54 Å². The lowest BCUT2D eigenvalue weighted by Crippen LogP contribution is -2.39. The van der Waals surface area contributed by atoms with Crippen LogP contribution in [0.1, 0.15) is 0 Å². The maximum absolute atomic E-state index is 10.8. The summed E-state index contributed by atoms with van der Waals surface area (Å²) in [6.07, 6.45) is 0. The third kappa shape index (κ3) is 2.86. The van der Waals surface area contributed by atoms with Gasteiger partial charge in [0.1, 0.15) is 0 Å². The summed E-state index contributed by atoms with van der Waals surface area (Å²) in [5.41, 5.74) is 0. The van der Waals surface area contributed by atoms with Crippen molar-refractivity contribution in [1.29, 1.82) is 0 Å². The molecule has 1 saturated heterocycles. The SMILES string of the molecule is COC(=O)CN1CCOCC1. The zero-order valence-corrected chi connectivity index (χ0v) is 6.71. The van der Waals surface area contributed by atoms with Gasteiger partial charge in [0.2, 0.25) is 0 Å². The average molecular weight is 159 g/mol. The third-order valence-corrected chi connectivity index (χ3v) is 1.68. The smallest absolute Gasteiger partial charge is 0.319 e. The number of hydrogen-bond donors (Lipinski definition) is 0. The number of hydrogen-bond acceptors (Lipinski definition) is 4. The molecule has 64 valence electrons. The summed E-state index contributed by atoms with van der Waals surface area (Å²) >= 11 is 0. The molecule has 0 spiro atoms. The van der Waals surface area contributed by atoms with Gasteiger partial charge in [-0.1, -0.05) is 0 Å². The Bertz CT molecular complexity index is 132. The van der Waals surface area contributed by atoms with Gasteiger partial charge in [-0.25, -0.2) is 0 Å². The summed E-state index contributed by atoms with van der Waals surface area (Å²) in [6, 6.07) is 0. The zero-order valence-electron chi connectivity index (χ0n) is 6.71.